The van der Waals surface area contributed by atoms with Gasteiger partial charge < -0.3 is 9.84 Å². The molecule has 0 fully saturated rings. The summed E-state index contributed by atoms with van der Waals surface area (Å²) in [5, 5.41) is 8.45. The summed E-state index contributed by atoms with van der Waals surface area (Å²) < 4.78 is 4.33. The van der Waals surface area contributed by atoms with Crippen LogP contribution in [0.4, 0.5) is 0 Å². The van der Waals surface area contributed by atoms with Gasteiger partial charge in [0.2, 0.25) is 5.78 Å². The van der Waals surface area contributed by atoms with Gasteiger partial charge in [-0.05, 0) is 44.9 Å². The standard InChI is InChI=1S/C26H34O6/c1-2-3-4-5-6-7-8-9-10-11-12-13-14-15-16-17-18-19-20-25(30)32-26(31)23(27)21-22-24(28)29/h3-4,6-7,9-10,12-13,15-16,19-20H,2,5,8,11,14,17-18,21-22H2,1H3,(H,28,29)/b4-3?,7-6?,10-9?,13-12?,16-15?,20-19+. The first-order valence-electron chi connectivity index (χ1n) is 10.9. The molecule has 0 aliphatic carbocycles. The van der Waals surface area contributed by atoms with Gasteiger partial charge in [0, 0.05) is 12.5 Å². The molecule has 32 heavy (non-hydrogen) atoms. The van der Waals surface area contributed by atoms with Crippen molar-refractivity contribution in [1.82, 2.24) is 0 Å². The van der Waals surface area contributed by atoms with Gasteiger partial charge in [0.05, 0.1) is 6.42 Å². The van der Waals surface area contributed by atoms with Crippen molar-refractivity contribution in [3.63, 3.8) is 0 Å². The summed E-state index contributed by atoms with van der Waals surface area (Å²) in [6.45, 7) is 2.13. The molecule has 0 aromatic carbocycles. The van der Waals surface area contributed by atoms with Crippen molar-refractivity contribution in [2.45, 2.75) is 64.7 Å². The number of ether oxygens (including phenoxy) is 1. The Kier molecular flexibility index (Phi) is 18.8. The first kappa shape index (κ1) is 28.7. The Morgan fingerprint density at radius 3 is 1.62 bits per heavy atom. The number of carbonyl (C=O) groups is 4. The third kappa shape index (κ3) is 20.0. The van der Waals surface area contributed by atoms with E-state index in [1.807, 2.05) is 12.2 Å². The minimum absolute atomic E-state index is 0.481. The van der Waals surface area contributed by atoms with E-state index in [-0.39, 0.29) is 0 Å². The van der Waals surface area contributed by atoms with Crippen molar-refractivity contribution in [2.24, 2.45) is 0 Å². The lowest BCUT2D eigenvalue weighted by Gasteiger charge is -1.98. The molecule has 0 bridgehead atoms. The van der Waals surface area contributed by atoms with Crippen LogP contribution in [-0.4, -0.2) is 28.8 Å². The Hall–Kier alpha value is -3.28. The Balaban J connectivity index is 3.80. The minimum Gasteiger partial charge on any atom is -0.481 e. The largest absolute Gasteiger partial charge is 0.481 e. The highest BCUT2D eigenvalue weighted by atomic mass is 16.6. The summed E-state index contributed by atoms with van der Waals surface area (Å²) in [4.78, 5) is 44.4. The van der Waals surface area contributed by atoms with Crippen LogP contribution >= 0.6 is 0 Å². The van der Waals surface area contributed by atoms with Crippen LogP contribution in [-0.2, 0) is 23.9 Å². The van der Waals surface area contributed by atoms with E-state index in [1.165, 1.54) is 0 Å². The average Bonchev–Trinajstić information content (AvgIpc) is 2.76. The number of allylic oxidation sites excluding steroid dienone is 11. The van der Waals surface area contributed by atoms with Gasteiger partial charge >= 0.3 is 17.9 Å². The molecule has 174 valence electrons. The Morgan fingerprint density at radius 2 is 1.12 bits per heavy atom. The Labute approximate surface area is 190 Å². The third-order valence-corrected chi connectivity index (χ3v) is 3.90. The van der Waals surface area contributed by atoms with Crippen LogP contribution in [0.2, 0.25) is 0 Å². The quantitative estimate of drug-likeness (QED) is 0.0789. The molecular weight excluding hydrogens is 408 g/mol. The number of rotatable bonds is 17. The van der Waals surface area contributed by atoms with Gasteiger partial charge in [-0.15, -0.1) is 0 Å². The highest BCUT2D eigenvalue weighted by molar-refractivity contribution is 6.35. The fraction of sp³-hybridized carbons (Fsp3) is 0.385. The molecule has 1 N–H and O–H groups in total. The van der Waals surface area contributed by atoms with Crippen molar-refractivity contribution >= 4 is 23.7 Å². The zero-order valence-electron chi connectivity index (χ0n) is 18.8. The number of unbranched alkanes of at least 4 members (excludes halogenated alkanes) is 1. The molecule has 6 heteroatoms. The van der Waals surface area contributed by atoms with Crippen LogP contribution in [0.1, 0.15) is 64.7 Å². The van der Waals surface area contributed by atoms with Crippen molar-refractivity contribution in [2.75, 3.05) is 0 Å². The second-order valence-electron chi connectivity index (χ2n) is 6.71. The van der Waals surface area contributed by atoms with Crippen LogP contribution < -0.4 is 0 Å². The predicted octanol–water partition coefficient (Wildman–Crippen LogP) is 5.58. The van der Waals surface area contributed by atoms with Crippen LogP contribution in [0.15, 0.2) is 72.9 Å². The third-order valence-electron chi connectivity index (χ3n) is 3.90. The molecule has 0 unspecified atom stereocenters. The number of hydrogen-bond acceptors (Lipinski definition) is 5. The monoisotopic (exact) mass is 442 g/mol. The molecule has 0 atom stereocenters. The first-order chi connectivity index (χ1) is 15.5. The van der Waals surface area contributed by atoms with Gasteiger partial charge in [0.15, 0.2) is 0 Å². The van der Waals surface area contributed by atoms with E-state index >= 15 is 0 Å². The zero-order chi connectivity index (χ0) is 23.9. The van der Waals surface area contributed by atoms with E-state index in [9.17, 15) is 19.2 Å². The Morgan fingerprint density at radius 1 is 0.656 bits per heavy atom. The van der Waals surface area contributed by atoms with E-state index in [1.54, 1.807) is 6.08 Å². The van der Waals surface area contributed by atoms with Crippen molar-refractivity contribution in [1.29, 1.82) is 0 Å². The van der Waals surface area contributed by atoms with Gasteiger partial charge in [0.1, 0.15) is 0 Å². The molecule has 0 heterocycles. The maximum atomic E-state index is 11.4. The summed E-state index contributed by atoms with van der Waals surface area (Å²) in [6.07, 6.45) is 28.9. The van der Waals surface area contributed by atoms with Crippen molar-refractivity contribution in [3.05, 3.63) is 72.9 Å². The lowest BCUT2D eigenvalue weighted by molar-refractivity contribution is -0.161. The van der Waals surface area contributed by atoms with E-state index in [0.29, 0.717) is 6.42 Å². The van der Waals surface area contributed by atoms with Gasteiger partial charge in [-0.3, -0.25) is 9.59 Å². The van der Waals surface area contributed by atoms with E-state index in [0.717, 1.165) is 44.6 Å². The first-order valence-corrected chi connectivity index (χ1v) is 10.9. The molecule has 0 spiro atoms. The van der Waals surface area contributed by atoms with Gasteiger partial charge in [-0.25, -0.2) is 9.59 Å². The maximum Gasteiger partial charge on any atom is 0.382 e. The molecule has 0 rings (SSSR count). The predicted molar refractivity (Wildman–Crippen MR) is 126 cm³/mol. The second kappa shape index (κ2) is 21.0. The molecule has 0 aromatic rings. The van der Waals surface area contributed by atoms with E-state index < -0.39 is 36.5 Å². The minimum atomic E-state index is -1.33. The van der Waals surface area contributed by atoms with Crippen LogP contribution in [0, 0.1) is 0 Å². The molecule has 0 radical (unpaired) electrons. The number of hydrogen-bond donors (Lipinski definition) is 1. The molecule has 0 saturated carbocycles. The summed E-state index contributed by atoms with van der Waals surface area (Å²) in [5.74, 6) is -4.51. The number of carboxylic acids is 1. The number of esters is 2. The average molecular weight is 443 g/mol. The van der Waals surface area contributed by atoms with Crippen LogP contribution in [0.3, 0.4) is 0 Å². The molecule has 6 nitrogen and oxygen atoms in total. The SMILES string of the molecule is CCC=CCC=CCC=CCC=CCC=CCC/C=C/C(=O)OC(=O)C(=O)CCC(=O)O. The molecule has 0 aromatic heterocycles. The van der Waals surface area contributed by atoms with Gasteiger partial charge in [-0.1, -0.05) is 73.8 Å². The molecular formula is C26H34O6. The van der Waals surface area contributed by atoms with E-state index in [4.69, 9.17) is 5.11 Å². The second-order valence-corrected chi connectivity index (χ2v) is 6.71. The molecule has 0 aliphatic rings. The Bertz CT molecular complexity index is 750. The normalized spacial score (nSPS) is 12.3. The number of aliphatic carboxylic acids is 1. The van der Waals surface area contributed by atoms with Gasteiger partial charge in [-0.2, -0.15) is 0 Å². The van der Waals surface area contributed by atoms with Crippen LogP contribution in [0.5, 0.6) is 0 Å². The smallest absolute Gasteiger partial charge is 0.382 e. The zero-order valence-corrected chi connectivity index (χ0v) is 18.8. The maximum absolute atomic E-state index is 11.4. The summed E-state index contributed by atoms with van der Waals surface area (Å²) in [5.41, 5.74) is 0. The summed E-state index contributed by atoms with van der Waals surface area (Å²) >= 11 is 0. The fourth-order valence-electron chi connectivity index (χ4n) is 2.25. The highest BCUT2D eigenvalue weighted by Gasteiger charge is 2.18. The highest BCUT2D eigenvalue weighted by Crippen LogP contribution is 1.99. The van der Waals surface area contributed by atoms with E-state index in [2.05, 4.69) is 60.3 Å². The number of ketones is 1. The van der Waals surface area contributed by atoms with Crippen LogP contribution in [0.25, 0.3) is 0 Å². The van der Waals surface area contributed by atoms with Gasteiger partial charge in [0.25, 0.3) is 0 Å². The van der Waals surface area contributed by atoms with Crippen molar-refractivity contribution in [3.8, 4) is 0 Å². The lowest BCUT2D eigenvalue weighted by Crippen LogP contribution is -2.20. The molecule has 0 amide bonds. The number of carboxylic acid groups (broad SMARTS) is 1. The fourth-order valence-corrected chi connectivity index (χ4v) is 2.25. The number of carbonyl (C=O) groups excluding carboxylic acids is 3. The topological polar surface area (TPSA) is 97.7 Å². The number of Topliss-reactive ketones (excluding diaryl/α,β-unsaturated/α-hetero) is 1. The molecule has 0 aliphatic heterocycles. The lowest BCUT2D eigenvalue weighted by atomic mass is 10.2. The molecule has 0 saturated heterocycles. The van der Waals surface area contributed by atoms with Crippen molar-refractivity contribution < 1.29 is 29.0 Å². The summed E-state index contributed by atoms with van der Waals surface area (Å²) in [7, 11) is 0. The summed E-state index contributed by atoms with van der Waals surface area (Å²) in [6, 6.07) is 0.